The lowest BCUT2D eigenvalue weighted by atomic mass is 9.88. The number of carbonyl (C=O) groups is 2. The maximum atomic E-state index is 10.1. The molecule has 0 saturated heterocycles. The van der Waals surface area contributed by atoms with Crippen molar-refractivity contribution in [3.63, 3.8) is 0 Å². The van der Waals surface area contributed by atoms with E-state index >= 15 is 0 Å². The lowest BCUT2D eigenvalue weighted by Gasteiger charge is -2.24. The average molecular weight is 479 g/mol. The molecule has 0 spiro atoms. The third-order valence-electron chi connectivity index (χ3n) is 5.74. The van der Waals surface area contributed by atoms with Gasteiger partial charge in [-0.3, -0.25) is 9.59 Å². The van der Waals surface area contributed by atoms with Crippen molar-refractivity contribution >= 4 is 11.9 Å². The first-order valence-electron chi connectivity index (χ1n) is 13.0. The summed E-state index contributed by atoms with van der Waals surface area (Å²) in [6.45, 7) is 5.75. The topological polar surface area (TPSA) is 135 Å². The van der Waals surface area contributed by atoms with Crippen molar-refractivity contribution in [1.82, 2.24) is 0 Å². The number of rotatable bonds is 20. The fourth-order valence-corrected chi connectivity index (χ4v) is 2.95. The van der Waals surface area contributed by atoms with Gasteiger partial charge in [-0.1, -0.05) is 97.8 Å². The van der Waals surface area contributed by atoms with Gasteiger partial charge in [0.2, 0.25) is 0 Å². The molecule has 5 N–H and O–H groups in total. The van der Waals surface area contributed by atoms with Crippen LogP contribution in [0.5, 0.6) is 0 Å². The molecule has 0 aromatic carbocycles. The quantitative estimate of drug-likeness (QED) is 0.140. The van der Waals surface area contributed by atoms with E-state index < -0.39 is 17.4 Å². The van der Waals surface area contributed by atoms with E-state index in [1.807, 2.05) is 6.92 Å². The molecule has 0 unspecified atom stereocenters. The summed E-state index contributed by atoms with van der Waals surface area (Å²) in [6, 6.07) is 0. The maximum Gasteiger partial charge on any atom is 0.303 e. The van der Waals surface area contributed by atoms with Crippen molar-refractivity contribution in [3.8, 4) is 0 Å². The van der Waals surface area contributed by atoms with Gasteiger partial charge in [0.05, 0.1) is 19.8 Å². The molecule has 0 aliphatic carbocycles. The highest BCUT2D eigenvalue weighted by molar-refractivity contribution is 5.66. The second-order valence-electron chi connectivity index (χ2n) is 8.86. The minimum Gasteiger partial charge on any atom is -0.481 e. The summed E-state index contributed by atoms with van der Waals surface area (Å²) >= 11 is 0. The van der Waals surface area contributed by atoms with Crippen molar-refractivity contribution in [2.75, 3.05) is 19.8 Å². The molecule has 7 heteroatoms. The number of aliphatic hydroxyl groups excluding tert-OH is 3. The second kappa shape index (κ2) is 28.9. The van der Waals surface area contributed by atoms with Crippen LogP contribution in [0, 0.1) is 5.41 Å². The van der Waals surface area contributed by atoms with E-state index in [2.05, 4.69) is 13.8 Å². The van der Waals surface area contributed by atoms with Gasteiger partial charge >= 0.3 is 11.9 Å². The van der Waals surface area contributed by atoms with E-state index in [4.69, 9.17) is 25.5 Å². The molecule has 0 rings (SSSR count). The molecule has 7 nitrogen and oxygen atoms in total. The Morgan fingerprint density at radius 3 is 0.970 bits per heavy atom. The van der Waals surface area contributed by atoms with Gasteiger partial charge < -0.3 is 25.5 Å². The largest absolute Gasteiger partial charge is 0.481 e. The Balaban J connectivity index is -0.000000414. The van der Waals surface area contributed by atoms with E-state index in [9.17, 15) is 9.59 Å². The minimum atomic E-state index is -0.667. The number of aliphatic carboxylic acids is 2. The predicted molar refractivity (Wildman–Crippen MR) is 134 cm³/mol. The Labute approximate surface area is 202 Å². The van der Waals surface area contributed by atoms with Crippen molar-refractivity contribution < 1.29 is 35.1 Å². The summed E-state index contributed by atoms with van der Waals surface area (Å²) in [5, 5.41) is 42.7. The first kappa shape index (κ1) is 36.4. The van der Waals surface area contributed by atoms with Crippen LogP contribution in [-0.4, -0.2) is 57.3 Å². The molecule has 0 aromatic heterocycles. The Morgan fingerprint density at radius 2 is 0.788 bits per heavy atom. The molecule has 0 bridgehead atoms. The van der Waals surface area contributed by atoms with Crippen LogP contribution in [0.3, 0.4) is 0 Å². The molecular formula is C26H54O7. The standard InChI is InChI=1S/2C10H20O2.C6H14O3/c2*1-2-3-4-5-6-7-8-9-10(11)12;1-2-6(3-7,4-8)5-9/h2*2-9H2,1H3,(H,11,12);7-9H,2-5H2,1H3. The van der Waals surface area contributed by atoms with Crippen LogP contribution in [0.4, 0.5) is 0 Å². The van der Waals surface area contributed by atoms with Crippen LogP contribution >= 0.6 is 0 Å². The highest BCUT2D eigenvalue weighted by atomic mass is 16.4. The number of carboxylic acid groups (broad SMARTS) is 2. The molecule has 0 heterocycles. The van der Waals surface area contributed by atoms with Gasteiger partial charge in [0, 0.05) is 18.3 Å². The zero-order chi connectivity index (χ0) is 25.8. The summed E-state index contributed by atoms with van der Waals surface area (Å²) in [5.74, 6) is -1.33. The third kappa shape index (κ3) is 30.8. The molecule has 0 amide bonds. The van der Waals surface area contributed by atoms with Gasteiger partial charge in [-0.15, -0.1) is 0 Å². The molecule has 0 atom stereocenters. The number of hydrogen-bond donors (Lipinski definition) is 5. The number of unbranched alkanes of at least 4 members (excludes halogenated alkanes) is 12. The summed E-state index contributed by atoms with van der Waals surface area (Å²) in [6.07, 6.45) is 17.9. The average Bonchev–Trinajstić information content (AvgIpc) is 2.80. The molecule has 200 valence electrons. The van der Waals surface area contributed by atoms with E-state index in [1.54, 1.807) is 0 Å². The SMILES string of the molecule is CCC(CO)(CO)CO.CCCCCCCCCC(=O)O.CCCCCCCCCC(=O)O. The summed E-state index contributed by atoms with van der Waals surface area (Å²) in [4.78, 5) is 20.3. The van der Waals surface area contributed by atoms with Gasteiger partial charge in [0.15, 0.2) is 0 Å². The van der Waals surface area contributed by atoms with E-state index in [1.165, 1.54) is 64.2 Å². The van der Waals surface area contributed by atoms with Crippen LogP contribution in [-0.2, 0) is 9.59 Å². The number of aliphatic hydroxyl groups is 3. The zero-order valence-electron chi connectivity index (χ0n) is 21.7. The predicted octanol–water partition coefficient (Wildman–Crippen LogP) is 5.78. The summed E-state index contributed by atoms with van der Waals surface area (Å²) < 4.78 is 0. The minimum absolute atomic E-state index is 0.156. The second-order valence-corrected chi connectivity index (χ2v) is 8.86. The van der Waals surface area contributed by atoms with Crippen molar-refractivity contribution in [3.05, 3.63) is 0 Å². The van der Waals surface area contributed by atoms with Gasteiger partial charge in [0.25, 0.3) is 0 Å². The zero-order valence-corrected chi connectivity index (χ0v) is 21.7. The number of carboxylic acids is 2. The highest BCUT2D eigenvalue weighted by Crippen LogP contribution is 2.18. The fraction of sp³-hybridized carbons (Fsp3) is 0.923. The first-order valence-corrected chi connectivity index (χ1v) is 13.0. The van der Waals surface area contributed by atoms with Crippen LogP contribution in [0.2, 0.25) is 0 Å². The van der Waals surface area contributed by atoms with E-state index in [-0.39, 0.29) is 19.8 Å². The van der Waals surface area contributed by atoms with Crippen LogP contribution < -0.4 is 0 Å². The molecule has 0 radical (unpaired) electrons. The smallest absolute Gasteiger partial charge is 0.303 e. The van der Waals surface area contributed by atoms with Crippen LogP contribution in [0.25, 0.3) is 0 Å². The summed E-state index contributed by atoms with van der Waals surface area (Å²) in [7, 11) is 0. The summed E-state index contributed by atoms with van der Waals surface area (Å²) in [5.41, 5.74) is -0.667. The van der Waals surface area contributed by atoms with Crippen molar-refractivity contribution in [2.24, 2.45) is 5.41 Å². The Bertz CT molecular complexity index is 364. The molecule has 0 aliphatic rings. The Hall–Kier alpha value is -1.18. The normalized spacial score (nSPS) is 10.6. The van der Waals surface area contributed by atoms with Gasteiger partial charge in [-0.25, -0.2) is 0 Å². The molecular weight excluding hydrogens is 424 g/mol. The Morgan fingerprint density at radius 1 is 0.515 bits per heavy atom. The van der Waals surface area contributed by atoms with E-state index in [0.29, 0.717) is 19.3 Å². The monoisotopic (exact) mass is 478 g/mol. The molecule has 0 aromatic rings. The lowest BCUT2D eigenvalue weighted by Crippen LogP contribution is -2.32. The van der Waals surface area contributed by atoms with E-state index in [0.717, 1.165) is 25.7 Å². The maximum absolute atomic E-state index is 10.1. The van der Waals surface area contributed by atoms with Crippen LogP contribution in [0.1, 0.15) is 130 Å². The first-order chi connectivity index (χ1) is 15.8. The van der Waals surface area contributed by atoms with Crippen LogP contribution in [0.15, 0.2) is 0 Å². The molecule has 0 aliphatic heterocycles. The third-order valence-corrected chi connectivity index (χ3v) is 5.74. The molecule has 0 fully saturated rings. The molecule has 33 heavy (non-hydrogen) atoms. The Kier molecular flexibility index (Phi) is 31.8. The van der Waals surface area contributed by atoms with Gasteiger partial charge in [-0.2, -0.15) is 0 Å². The van der Waals surface area contributed by atoms with Gasteiger partial charge in [0.1, 0.15) is 0 Å². The van der Waals surface area contributed by atoms with Crippen molar-refractivity contribution in [2.45, 2.75) is 130 Å². The van der Waals surface area contributed by atoms with Crippen molar-refractivity contribution in [1.29, 1.82) is 0 Å². The van der Waals surface area contributed by atoms with Gasteiger partial charge in [-0.05, 0) is 19.3 Å². The number of hydrogen-bond acceptors (Lipinski definition) is 5. The lowest BCUT2D eigenvalue weighted by molar-refractivity contribution is -0.138. The molecule has 0 saturated carbocycles. The fourth-order valence-electron chi connectivity index (χ4n) is 2.95. The highest BCUT2D eigenvalue weighted by Gasteiger charge is 2.24.